The number of allylic oxidation sites excluding steroid dienone is 6. The Bertz CT molecular complexity index is 1110. The van der Waals surface area contributed by atoms with Crippen molar-refractivity contribution in [3.8, 4) is 0 Å². The lowest BCUT2D eigenvalue weighted by molar-refractivity contribution is -0.328. The minimum atomic E-state index is -1.81. The first-order valence-electron chi connectivity index (χ1n) is 15.8. The summed E-state index contributed by atoms with van der Waals surface area (Å²) in [5.41, 5.74) is 1.66. The molecule has 0 radical (unpaired) electrons. The number of rotatable bonds is 7. The maximum atomic E-state index is 13.5. The molecule has 0 aromatic carbocycles. The second-order valence-electron chi connectivity index (χ2n) is 13.3. The van der Waals surface area contributed by atoms with Crippen LogP contribution in [0.25, 0.3) is 0 Å². The molecular formula is C35H56O9. The highest BCUT2D eigenvalue weighted by atomic mass is 16.6. The lowest BCUT2D eigenvalue weighted by Gasteiger charge is -2.49. The van der Waals surface area contributed by atoms with Gasteiger partial charge in [-0.2, -0.15) is 0 Å². The Kier molecular flexibility index (Phi) is 14.0. The second kappa shape index (κ2) is 16.3. The van der Waals surface area contributed by atoms with Gasteiger partial charge in [0.25, 0.3) is 0 Å². The van der Waals surface area contributed by atoms with Crippen LogP contribution in [0.1, 0.15) is 75.2 Å². The number of carbonyl (C=O) groups is 2. The van der Waals surface area contributed by atoms with Gasteiger partial charge in [-0.3, -0.25) is 4.79 Å². The molecule has 0 spiro atoms. The molecule has 0 aliphatic carbocycles. The average Bonchev–Trinajstić information content (AvgIpc) is 2.96. The number of aliphatic hydroxyl groups excluding tert-OH is 2. The van der Waals surface area contributed by atoms with Crippen LogP contribution in [-0.2, 0) is 28.5 Å². The Balaban J connectivity index is 2.53. The minimum Gasteiger partial charge on any atom is -0.490 e. The molecule has 2 aliphatic rings. The highest BCUT2D eigenvalue weighted by Crippen LogP contribution is 2.41. The topological polar surface area (TPSA) is 132 Å². The first-order chi connectivity index (χ1) is 20.5. The van der Waals surface area contributed by atoms with E-state index in [0.717, 1.165) is 5.57 Å². The summed E-state index contributed by atoms with van der Waals surface area (Å²) in [5.74, 6) is -4.87. The van der Waals surface area contributed by atoms with E-state index in [4.69, 9.17) is 18.9 Å². The quantitative estimate of drug-likeness (QED) is 0.340. The summed E-state index contributed by atoms with van der Waals surface area (Å²) in [6.07, 6.45) is 5.04. The third kappa shape index (κ3) is 9.36. The van der Waals surface area contributed by atoms with Crippen LogP contribution in [0.3, 0.4) is 0 Å². The van der Waals surface area contributed by atoms with Crippen molar-refractivity contribution in [3.63, 3.8) is 0 Å². The molecule has 0 unspecified atom stereocenters. The van der Waals surface area contributed by atoms with Crippen LogP contribution in [0.4, 0.5) is 0 Å². The molecule has 0 saturated carbocycles. The standard InChI is InChI=1S/C35H56O9/c1-19(2)32-24(7)27(36)18-35(40,44-32)26(9)31(38)25(8)33-28(41-10)14-12-13-20(3)15-22(5)30(37)23(6)16-21(4)17-29(42-11)34(39)43-33/h12-14,16-17,19,22-28,31-33,36,38,40H,15,18H2,1-11H3/b14-12+,20-13+,21-16+,29-17-/t22-,23+,24-,25-,26-,27+,28-,31+,32+,33+,35+/m0/s1. The van der Waals surface area contributed by atoms with Crippen LogP contribution < -0.4 is 0 Å². The van der Waals surface area contributed by atoms with Gasteiger partial charge in [0.05, 0.1) is 25.4 Å². The third-order valence-corrected chi connectivity index (χ3v) is 9.28. The average molecular weight is 621 g/mol. The predicted molar refractivity (Wildman–Crippen MR) is 169 cm³/mol. The number of esters is 1. The highest BCUT2D eigenvalue weighted by Gasteiger charge is 2.51. The van der Waals surface area contributed by atoms with Crippen molar-refractivity contribution in [2.45, 2.75) is 111 Å². The molecule has 1 saturated heterocycles. The van der Waals surface area contributed by atoms with E-state index in [1.54, 1.807) is 39.0 Å². The molecule has 0 amide bonds. The molecule has 44 heavy (non-hydrogen) atoms. The van der Waals surface area contributed by atoms with Gasteiger partial charge >= 0.3 is 5.97 Å². The Hall–Kier alpha value is -2.30. The first kappa shape index (κ1) is 37.9. The Labute approximate surface area is 264 Å². The summed E-state index contributed by atoms with van der Waals surface area (Å²) in [6.45, 7) is 16.7. The number of Topliss-reactive ketones (excluding diaryl/α,β-unsaturated/α-hetero) is 1. The van der Waals surface area contributed by atoms with E-state index in [0.29, 0.717) is 12.0 Å². The number of hydrogen-bond donors (Lipinski definition) is 3. The number of methoxy groups -OCH3 is 2. The summed E-state index contributed by atoms with van der Waals surface area (Å²) in [7, 11) is 2.84. The smallest absolute Gasteiger partial charge is 0.373 e. The fraction of sp³-hybridized carbons (Fsp3) is 0.714. The van der Waals surface area contributed by atoms with Gasteiger partial charge < -0.3 is 34.3 Å². The zero-order valence-corrected chi connectivity index (χ0v) is 28.4. The van der Waals surface area contributed by atoms with E-state index in [1.807, 2.05) is 47.6 Å². The summed E-state index contributed by atoms with van der Waals surface area (Å²) in [4.78, 5) is 26.5. The zero-order valence-electron chi connectivity index (χ0n) is 28.4. The molecule has 0 aromatic rings. The van der Waals surface area contributed by atoms with Gasteiger partial charge in [-0.15, -0.1) is 0 Å². The minimum absolute atomic E-state index is 0.0302. The number of hydrogen-bond acceptors (Lipinski definition) is 9. The number of cyclic esters (lactones) is 1. The van der Waals surface area contributed by atoms with Crippen molar-refractivity contribution in [2.24, 2.45) is 35.5 Å². The van der Waals surface area contributed by atoms with Gasteiger partial charge in [0.1, 0.15) is 18.0 Å². The number of aliphatic hydroxyl groups is 3. The fourth-order valence-corrected chi connectivity index (χ4v) is 6.39. The number of carbonyl (C=O) groups excluding carboxylic acids is 2. The molecule has 3 N–H and O–H groups in total. The van der Waals surface area contributed by atoms with Gasteiger partial charge in [0.15, 0.2) is 5.79 Å². The van der Waals surface area contributed by atoms with Crippen molar-refractivity contribution < 1.29 is 43.9 Å². The van der Waals surface area contributed by atoms with E-state index in [9.17, 15) is 24.9 Å². The fourth-order valence-electron chi connectivity index (χ4n) is 6.39. The summed E-state index contributed by atoms with van der Waals surface area (Å²) < 4.78 is 23.3. The monoisotopic (exact) mass is 620 g/mol. The molecule has 250 valence electrons. The second-order valence-corrected chi connectivity index (χ2v) is 13.3. The zero-order chi connectivity index (χ0) is 33.5. The van der Waals surface area contributed by atoms with Crippen LogP contribution >= 0.6 is 0 Å². The predicted octanol–water partition coefficient (Wildman–Crippen LogP) is 4.90. The van der Waals surface area contributed by atoms with Crippen molar-refractivity contribution >= 4 is 11.8 Å². The van der Waals surface area contributed by atoms with Crippen LogP contribution in [0.15, 0.2) is 47.3 Å². The van der Waals surface area contributed by atoms with Crippen LogP contribution in [-0.4, -0.2) is 77.6 Å². The highest BCUT2D eigenvalue weighted by molar-refractivity contribution is 5.87. The molecule has 0 bridgehead atoms. The van der Waals surface area contributed by atoms with Crippen LogP contribution in [0.5, 0.6) is 0 Å². The third-order valence-electron chi connectivity index (χ3n) is 9.28. The van der Waals surface area contributed by atoms with Crippen molar-refractivity contribution in [1.82, 2.24) is 0 Å². The maximum Gasteiger partial charge on any atom is 0.373 e. The molecular weight excluding hydrogens is 564 g/mol. The molecule has 0 aromatic heterocycles. The normalized spacial score (nSPS) is 39.5. The van der Waals surface area contributed by atoms with Gasteiger partial charge in [-0.1, -0.05) is 83.9 Å². The van der Waals surface area contributed by atoms with Crippen LogP contribution in [0, 0.1) is 35.5 Å². The lowest BCUT2D eigenvalue weighted by atomic mass is 9.76. The van der Waals surface area contributed by atoms with E-state index in [2.05, 4.69) is 0 Å². The SMILES string of the molecule is CO/C1=C\C(C)=C\[C@@H](C)C(=O)[C@@H](C)C/C(C)=C/C=C/[C@H](OC)[C@@H]([C@@H](C)[C@@H](O)[C@H](C)[C@@]2(O)C[C@@H](O)[C@H](C)[C@@H](C(C)C)O2)OC1=O. The summed E-state index contributed by atoms with van der Waals surface area (Å²) in [6, 6.07) is 0. The largest absolute Gasteiger partial charge is 0.490 e. The number of ether oxygens (including phenoxy) is 4. The maximum absolute atomic E-state index is 13.5. The van der Waals surface area contributed by atoms with Gasteiger partial charge in [-0.05, 0) is 32.3 Å². The number of ketones is 1. The molecule has 9 nitrogen and oxygen atoms in total. The molecule has 2 rings (SSSR count). The Morgan fingerprint density at radius 3 is 2.25 bits per heavy atom. The molecule has 9 heteroatoms. The lowest BCUT2D eigenvalue weighted by Crippen LogP contribution is -2.59. The van der Waals surface area contributed by atoms with E-state index in [-0.39, 0.29) is 41.6 Å². The van der Waals surface area contributed by atoms with E-state index < -0.39 is 54.1 Å². The Morgan fingerprint density at radius 1 is 1.05 bits per heavy atom. The van der Waals surface area contributed by atoms with E-state index >= 15 is 0 Å². The summed E-state index contributed by atoms with van der Waals surface area (Å²) in [5, 5.41) is 34.1. The van der Waals surface area contributed by atoms with Crippen molar-refractivity contribution in [1.29, 1.82) is 0 Å². The van der Waals surface area contributed by atoms with Gasteiger partial charge in [0.2, 0.25) is 5.76 Å². The van der Waals surface area contributed by atoms with Gasteiger partial charge in [-0.25, -0.2) is 4.79 Å². The molecule has 1 fully saturated rings. The molecule has 11 atom stereocenters. The molecule has 2 aliphatic heterocycles. The molecule has 2 heterocycles. The first-order valence-corrected chi connectivity index (χ1v) is 15.8. The van der Waals surface area contributed by atoms with Gasteiger partial charge in [0, 0.05) is 43.1 Å². The Morgan fingerprint density at radius 2 is 1.68 bits per heavy atom. The van der Waals surface area contributed by atoms with E-state index in [1.165, 1.54) is 20.3 Å². The van der Waals surface area contributed by atoms with Crippen LogP contribution in [0.2, 0.25) is 0 Å². The summed E-state index contributed by atoms with van der Waals surface area (Å²) >= 11 is 0. The van der Waals surface area contributed by atoms with Crippen molar-refractivity contribution in [3.05, 3.63) is 47.3 Å². The van der Waals surface area contributed by atoms with Crippen molar-refractivity contribution in [2.75, 3.05) is 14.2 Å².